The van der Waals surface area contributed by atoms with Crippen molar-refractivity contribution in [2.45, 2.75) is 26.4 Å². The van der Waals surface area contributed by atoms with Gasteiger partial charge in [0, 0.05) is 13.1 Å². The number of nitrogens with one attached hydrogen (secondary N) is 2. The maximum absolute atomic E-state index is 11.4. The molecule has 7 heteroatoms. The fourth-order valence-corrected chi connectivity index (χ4v) is 1.07. The Hall–Kier alpha value is -2.05. The SMILES string of the molecule is CC(C)(C)OC(=O)NCCNC(=O)c1cocn1. The molecule has 2 amide bonds. The zero-order valence-electron chi connectivity index (χ0n) is 10.6. The van der Waals surface area contributed by atoms with Gasteiger partial charge in [0.1, 0.15) is 11.9 Å². The van der Waals surface area contributed by atoms with E-state index in [1.54, 1.807) is 20.8 Å². The van der Waals surface area contributed by atoms with E-state index in [0.29, 0.717) is 0 Å². The third-order valence-electron chi connectivity index (χ3n) is 1.74. The molecule has 0 fully saturated rings. The first-order chi connectivity index (χ1) is 8.38. The van der Waals surface area contributed by atoms with Crippen molar-refractivity contribution < 1.29 is 18.7 Å². The fraction of sp³-hybridized carbons (Fsp3) is 0.545. The van der Waals surface area contributed by atoms with Crippen molar-refractivity contribution in [1.29, 1.82) is 0 Å². The number of carbonyl (C=O) groups excluding carboxylic acids is 2. The van der Waals surface area contributed by atoms with Crippen molar-refractivity contribution >= 4 is 12.0 Å². The zero-order chi connectivity index (χ0) is 13.6. The Morgan fingerprint density at radius 1 is 1.33 bits per heavy atom. The summed E-state index contributed by atoms with van der Waals surface area (Å²) in [4.78, 5) is 26.3. The maximum atomic E-state index is 11.4. The van der Waals surface area contributed by atoms with E-state index < -0.39 is 11.7 Å². The fourth-order valence-electron chi connectivity index (χ4n) is 1.07. The highest BCUT2D eigenvalue weighted by Crippen LogP contribution is 2.05. The topological polar surface area (TPSA) is 93.5 Å². The van der Waals surface area contributed by atoms with E-state index in [9.17, 15) is 9.59 Å². The lowest BCUT2D eigenvalue weighted by atomic mass is 10.2. The Bertz CT molecular complexity index is 395. The number of carbonyl (C=O) groups is 2. The third kappa shape index (κ3) is 5.33. The van der Waals surface area contributed by atoms with E-state index in [1.165, 1.54) is 12.7 Å². The standard InChI is InChI=1S/C11H17N3O4/c1-11(2,3)18-10(16)13-5-4-12-9(15)8-6-17-7-14-8/h6-7H,4-5H2,1-3H3,(H,12,15)(H,13,16). The van der Waals surface area contributed by atoms with E-state index >= 15 is 0 Å². The van der Waals surface area contributed by atoms with Gasteiger partial charge in [-0.2, -0.15) is 0 Å². The summed E-state index contributed by atoms with van der Waals surface area (Å²) in [5.74, 6) is -0.352. The van der Waals surface area contributed by atoms with Crippen LogP contribution in [0, 0.1) is 0 Å². The second-order valence-electron chi connectivity index (χ2n) is 4.56. The predicted molar refractivity (Wildman–Crippen MR) is 63.1 cm³/mol. The first-order valence-electron chi connectivity index (χ1n) is 5.52. The third-order valence-corrected chi connectivity index (χ3v) is 1.74. The molecule has 18 heavy (non-hydrogen) atoms. The molecule has 0 atom stereocenters. The zero-order valence-corrected chi connectivity index (χ0v) is 10.6. The molecule has 0 unspecified atom stereocenters. The lowest BCUT2D eigenvalue weighted by Crippen LogP contribution is -2.37. The Morgan fingerprint density at radius 3 is 2.56 bits per heavy atom. The highest BCUT2D eigenvalue weighted by Gasteiger charge is 2.15. The number of aromatic nitrogens is 1. The minimum absolute atomic E-state index is 0.201. The predicted octanol–water partition coefficient (Wildman–Crippen LogP) is 0.929. The number of nitrogens with zero attached hydrogens (tertiary/aromatic N) is 1. The van der Waals surface area contributed by atoms with Crippen molar-refractivity contribution in [3.8, 4) is 0 Å². The molecule has 7 nitrogen and oxygen atoms in total. The van der Waals surface area contributed by atoms with E-state index in [0.717, 1.165) is 0 Å². The van der Waals surface area contributed by atoms with Gasteiger partial charge in [0.15, 0.2) is 12.1 Å². The molecule has 0 spiro atoms. The molecule has 2 N–H and O–H groups in total. The lowest BCUT2D eigenvalue weighted by Gasteiger charge is -2.19. The molecule has 0 aliphatic carbocycles. The van der Waals surface area contributed by atoms with Gasteiger partial charge in [0.2, 0.25) is 0 Å². The monoisotopic (exact) mass is 255 g/mol. The molecule has 0 aliphatic heterocycles. The quantitative estimate of drug-likeness (QED) is 0.780. The van der Waals surface area contributed by atoms with Crippen molar-refractivity contribution in [1.82, 2.24) is 15.6 Å². The average Bonchev–Trinajstić information content (AvgIpc) is 2.74. The van der Waals surface area contributed by atoms with E-state index in [4.69, 9.17) is 4.74 Å². The Kier molecular flexibility index (Phi) is 4.70. The second kappa shape index (κ2) is 6.04. The van der Waals surface area contributed by atoms with Crippen LogP contribution in [0.4, 0.5) is 4.79 Å². The second-order valence-corrected chi connectivity index (χ2v) is 4.56. The summed E-state index contributed by atoms with van der Waals surface area (Å²) in [6.07, 6.45) is 1.91. The van der Waals surface area contributed by atoms with Gasteiger partial charge in [-0.3, -0.25) is 4.79 Å². The molecule has 0 saturated carbocycles. The van der Waals surface area contributed by atoms with Crippen LogP contribution in [-0.2, 0) is 4.74 Å². The highest BCUT2D eigenvalue weighted by molar-refractivity contribution is 5.91. The van der Waals surface area contributed by atoms with Crippen LogP contribution in [0.1, 0.15) is 31.3 Å². The Labute approximate surface area is 105 Å². The summed E-state index contributed by atoms with van der Waals surface area (Å²) >= 11 is 0. The van der Waals surface area contributed by atoms with Gasteiger partial charge in [0.25, 0.3) is 5.91 Å². The summed E-state index contributed by atoms with van der Waals surface area (Å²) in [5, 5.41) is 5.09. The van der Waals surface area contributed by atoms with Crippen LogP contribution in [0.2, 0.25) is 0 Å². The Morgan fingerprint density at radius 2 is 2.00 bits per heavy atom. The summed E-state index contributed by atoms with van der Waals surface area (Å²) in [5.41, 5.74) is -0.333. The van der Waals surface area contributed by atoms with Crippen LogP contribution in [0.15, 0.2) is 17.1 Å². The van der Waals surface area contributed by atoms with E-state index in [-0.39, 0.29) is 24.7 Å². The van der Waals surface area contributed by atoms with Gasteiger partial charge in [-0.15, -0.1) is 0 Å². The van der Waals surface area contributed by atoms with E-state index in [1.807, 2.05) is 0 Å². The number of oxazole rings is 1. The van der Waals surface area contributed by atoms with Crippen molar-refractivity contribution in [2.24, 2.45) is 0 Å². The number of amides is 2. The summed E-state index contributed by atoms with van der Waals surface area (Å²) < 4.78 is 9.70. The first kappa shape index (κ1) is 14.0. The average molecular weight is 255 g/mol. The van der Waals surface area contributed by atoms with Crippen LogP contribution in [0.5, 0.6) is 0 Å². The van der Waals surface area contributed by atoms with E-state index in [2.05, 4.69) is 20.0 Å². The maximum Gasteiger partial charge on any atom is 0.407 e. The number of rotatable bonds is 4. The number of alkyl carbamates (subject to hydrolysis) is 1. The van der Waals surface area contributed by atoms with Gasteiger partial charge in [-0.25, -0.2) is 9.78 Å². The molecule has 1 rings (SSSR count). The van der Waals surface area contributed by atoms with Gasteiger partial charge < -0.3 is 19.8 Å². The minimum Gasteiger partial charge on any atom is -0.451 e. The lowest BCUT2D eigenvalue weighted by molar-refractivity contribution is 0.0526. The van der Waals surface area contributed by atoms with Crippen LogP contribution >= 0.6 is 0 Å². The molecule has 0 aromatic carbocycles. The number of ether oxygens (including phenoxy) is 1. The minimum atomic E-state index is -0.534. The van der Waals surface area contributed by atoms with Gasteiger partial charge in [0.05, 0.1) is 0 Å². The summed E-state index contributed by atoms with van der Waals surface area (Å²) in [6.45, 7) is 5.89. The van der Waals surface area contributed by atoms with Gasteiger partial charge in [-0.05, 0) is 20.8 Å². The van der Waals surface area contributed by atoms with Crippen molar-refractivity contribution in [2.75, 3.05) is 13.1 Å². The molecule has 100 valence electrons. The summed E-state index contributed by atoms with van der Waals surface area (Å²) in [6, 6.07) is 0. The molecule has 0 saturated heterocycles. The summed E-state index contributed by atoms with van der Waals surface area (Å²) in [7, 11) is 0. The van der Waals surface area contributed by atoms with Crippen molar-refractivity contribution in [3.63, 3.8) is 0 Å². The highest BCUT2D eigenvalue weighted by atomic mass is 16.6. The molecular formula is C11H17N3O4. The van der Waals surface area contributed by atoms with Crippen LogP contribution < -0.4 is 10.6 Å². The molecule has 1 aromatic heterocycles. The van der Waals surface area contributed by atoms with Crippen LogP contribution in [0.25, 0.3) is 0 Å². The molecule has 1 aromatic rings. The largest absolute Gasteiger partial charge is 0.451 e. The van der Waals surface area contributed by atoms with Crippen molar-refractivity contribution in [3.05, 3.63) is 18.4 Å². The normalized spacial score (nSPS) is 10.8. The number of hydrogen-bond acceptors (Lipinski definition) is 5. The van der Waals surface area contributed by atoms with Crippen LogP contribution in [-0.4, -0.2) is 35.7 Å². The molecule has 0 bridgehead atoms. The van der Waals surface area contributed by atoms with Gasteiger partial charge in [-0.1, -0.05) is 0 Å². The number of hydrogen-bond donors (Lipinski definition) is 2. The Balaban J connectivity index is 2.16. The molecule has 0 aliphatic rings. The molecular weight excluding hydrogens is 238 g/mol. The van der Waals surface area contributed by atoms with Gasteiger partial charge >= 0.3 is 6.09 Å². The molecule has 0 radical (unpaired) electrons. The molecule has 1 heterocycles. The van der Waals surface area contributed by atoms with Crippen LogP contribution in [0.3, 0.4) is 0 Å². The smallest absolute Gasteiger partial charge is 0.407 e. The first-order valence-corrected chi connectivity index (χ1v) is 5.52.